The molecule has 45 heavy (non-hydrogen) atoms. The molecule has 12 heteroatoms. The van der Waals surface area contributed by atoms with Crippen molar-refractivity contribution in [3.05, 3.63) is 122 Å². The minimum absolute atomic E-state index is 0.115. The van der Waals surface area contributed by atoms with Crippen molar-refractivity contribution >= 4 is 21.6 Å². The topological polar surface area (TPSA) is 122 Å². The Balaban J connectivity index is 1.07. The maximum Gasteiger partial charge on any atom is 0.269 e. The van der Waals surface area contributed by atoms with E-state index in [4.69, 9.17) is 14.0 Å². The van der Waals surface area contributed by atoms with E-state index < -0.39 is 0 Å². The third-order valence-electron chi connectivity index (χ3n) is 8.05. The third kappa shape index (κ3) is 7.83. The van der Waals surface area contributed by atoms with Gasteiger partial charge in [0.2, 0.25) is 0 Å². The van der Waals surface area contributed by atoms with Crippen LogP contribution in [0.3, 0.4) is 0 Å². The van der Waals surface area contributed by atoms with Crippen LogP contribution in [0.15, 0.2) is 94.1 Å². The molecule has 0 amide bonds. The van der Waals surface area contributed by atoms with E-state index in [-0.39, 0.29) is 29.4 Å². The summed E-state index contributed by atoms with van der Waals surface area (Å²) in [5.74, 6) is 1.41. The van der Waals surface area contributed by atoms with E-state index in [0.717, 1.165) is 70.8 Å². The van der Waals surface area contributed by atoms with E-state index in [1.54, 1.807) is 19.2 Å². The highest BCUT2D eigenvalue weighted by Gasteiger charge is 2.23. The minimum Gasteiger partial charge on any atom is -0.497 e. The first-order valence-electron chi connectivity index (χ1n) is 14.8. The number of ether oxygens (including phenoxy) is 2. The van der Waals surface area contributed by atoms with Crippen LogP contribution in [0.1, 0.15) is 47.6 Å². The third-order valence-corrected chi connectivity index (χ3v) is 8.58. The lowest BCUT2D eigenvalue weighted by Crippen LogP contribution is -2.34. The van der Waals surface area contributed by atoms with Gasteiger partial charge in [-0.1, -0.05) is 50.6 Å². The van der Waals surface area contributed by atoms with Crippen LogP contribution in [0.25, 0.3) is 11.3 Å². The zero-order valence-electron chi connectivity index (χ0n) is 24.8. The highest BCUT2D eigenvalue weighted by Crippen LogP contribution is 2.28. The Morgan fingerprint density at radius 2 is 1.78 bits per heavy atom. The van der Waals surface area contributed by atoms with Gasteiger partial charge in [0, 0.05) is 60.5 Å². The highest BCUT2D eigenvalue weighted by atomic mass is 79.9. The lowest BCUT2D eigenvalue weighted by Gasteiger charge is -2.31. The Kier molecular flexibility index (Phi) is 9.63. The van der Waals surface area contributed by atoms with Gasteiger partial charge in [0.25, 0.3) is 5.69 Å². The van der Waals surface area contributed by atoms with Crippen LogP contribution in [-0.2, 0) is 24.3 Å². The van der Waals surface area contributed by atoms with Gasteiger partial charge in [-0.3, -0.25) is 15.0 Å². The van der Waals surface area contributed by atoms with Crippen LogP contribution in [-0.4, -0.2) is 50.2 Å². The van der Waals surface area contributed by atoms with E-state index in [1.165, 1.54) is 0 Å². The molecule has 6 rings (SSSR count). The molecule has 1 aliphatic rings. The quantitative estimate of drug-likeness (QED) is 0.102. The number of hydrogen-bond acceptors (Lipinski definition) is 9. The summed E-state index contributed by atoms with van der Waals surface area (Å²) in [5.41, 5.74) is 4.74. The molecule has 232 valence electrons. The van der Waals surface area contributed by atoms with Crippen LogP contribution in [0.2, 0.25) is 0 Å². The molecule has 3 heterocycles. The second kappa shape index (κ2) is 14.1. The maximum atomic E-state index is 10.9. The molecule has 1 atom stereocenters. The molecule has 0 saturated carbocycles. The van der Waals surface area contributed by atoms with Gasteiger partial charge < -0.3 is 14.0 Å². The van der Waals surface area contributed by atoms with Gasteiger partial charge >= 0.3 is 0 Å². The Morgan fingerprint density at radius 3 is 2.47 bits per heavy atom. The van der Waals surface area contributed by atoms with Gasteiger partial charge in [-0.15, -0.1) is 5.10 Å². The summed E-state index contributed by atoms with van der Waals surface area (Å²) >= 11 is 3.52. The van der Waals surface area contributed by atoms with E-state index in [2.05, 4.69) is 36.3 Å². The zero-order valence-corrected chi connectivity index (χ0v) is 26.4. The number of rotatable bonds is 12. The Hall–Kier alpha value is -4.39. The largest absolute Gasteiger partial charge is 0.497 e. The first kappa shape index (κ1) is 30.6. The van der Waals surface area contributed by atoms with Crippen molar-refractivity contribution in [1.29, 1.82) is 0 Å². The first-order chi connectivity index (χ1) is 21.9. The SMILES string of the molecule is COc1ccc(-c2cc(COC(Cc3cn(C4CCN(Cc5ccc([N+](=O)[O-])cc5)CC4)nn3)c3ccc(Br)cc3)on2)cc1. The number of aromatic nitrogens is 4. The van der Waals surface area contributed by atoms with E-state index in [0.29, 0.717) is 12.2 Å². The summed E-state index contributed by atoms with van der Waals surface area (Å²) in [6, 6.07) is 24.7. The number of piperidine rings is 1. The van der Waals surface area contributed by atoms with Gasteiger partial charge in [-0.05, 0) is 60.4 Å². The number of nitro benzene ring substituents is 1. The number of hydrogen-bond donors (Lipinski definition) is 0. The normalized spacial score (nSPS) is 14.8. The fourth-order valence-corrected chi connectivity index (χ4v) is 5.77. The van der Waals surface area contributed by atoms with Gasteiger partial charge in [-0.2, -0.15) is 0 Å². The lowest BCUT2D eigenvalue weighted by molar-refractivity contribution is -0.384. The van der Waals surface area contributed by atoms with Crippen molar-refractivity contribution in [2.45, 2.75) is 44.6 Å². The van der Waals surface area contributed by atoms with Crippen molar-refractivity contribution in [3.63, 3.8) is 0 Å². The number of nitrogens with zero attached hydrogens (tertiary/aromatic N) is 6. The van der Waals surface area contributed by atoms with Gasteiger partial charge in [0.1, 0.15) is 18.1 Å². The standard InChI is InChI=1S/C33H33BrN6O5/c1-43-30-12-6-24(7-13-30)32-19-31(45-36-32)22-44-33(25-4-8-26(34)9-5-25)18-27-21-39(37-35-27)28-14-16-38(17-15-28)20-23-2-10-29(11-3-23)40(41)42/h2-13,19,21,28,33H,14-18,20,22H2,1H3. The Bertz CT molecular complexity index is 1700. The molecule has 0 spiro atoms. The van der Waals surface area contributed by atoms with Crippen LogP contribution in [0.5, 0.6) is 5.75 Å². The summed E-state index contributed by atoms with van der Waals surface area (Å²) in [5, 5.41) is 24.2. The summed E-state index contributed by atoms with van der Waals surface area (Å²) in [6.45, 7) is 2.85. The number of non-ortho nitro benzene ring substituents is 1. The Morgan fingerprint density at radius 1 is 1.04 bits per heavy atom. The molecule has 0 bridgehead atoms. The summed E-state index contributed by atoms with van der Waals surface area (Å²) in [6.07, 6.45) is 4.22. The molecular weight excluding hydrogens is 640 g/mol. The molecule has 0 aliphatic carbocycles. The monoisotopic (exact) mass is 672 g/mol. The lowest BCUT2D eigenvalue weighted by atomic mass is 10.0. The van der Waals surface area contributed by atoms with Gasteiger partial charge in [0.15, 0.2) is 5.76 Å². The molecule has 3 aromatic carbocycles. The second-order valence-corrected chi connectivity index (χ2v) is 12.0. The van der Waals surface area contributed by atoms with Crippen LogP contribution < -0.4 is 4.74 Å². The van der Waals surface area contributed by atoms with Crippen molar-refractivity contribution in [2.24, 2.45) is 0 Å². The molecule has 1 unspecified atom stereocenters. The van der Waals surface area contributed by atoms with Crippen LogP contribution in [0.4, 0.5) is 5.69 Å². The predicted molar refractivity (Wildman–Crippen MR) is 171 cm³/mol. The highest BCUT2D eigenvalue weighted by molar-refractivity contribution is 9.10. The average Bonchev–Trinajstić information content (AvgIpc) is 3.74. The first-order valence-corrected chi connectivity index (χ1v) is 15.6. The van der Waals surface area contributed by atoms with Crippen LogP contribution in [0, 0.1) is 10.1 Å². The average molecular weight is 674 g/mol. The van der Waals surface area contributed by atoms with Crippen molar-refractivity contribution in [1.82, 2.24) is 25.1 Å². The van der Waals surface area contributed by atoms with E-state index in [1.807, 2.05) is 77.6 Å². The molecular formula is C33H33BrN6O5. The Labute approximate surface area is 269 Å². The molecule has 5 aromatic rings. The molecule has 11 nitrogen and oxygen atoms in total. The number of methoxy groups -OCH3 is 1. The number of halogens is 1. The number of likely N-dealkylation sites (tertiary alicyclic amines) is 1. The second-order valence-electron chi connectivity index (χ2n) is 11.1. The van der Waals surface area contributed by atoms with Gasteiger partial charge in [-0.25, -0.2) is 4.68 Å². The fraction of sp³-hybridized carbons (Fsp3) is 0.303. The zero-order chi connectivity index (χ0) is 31.2. The number of nitro groups is 1. The molecule has 2 aromatic heterocycles. The smallest absolute Gasteiger partial charge is 0.269 e. The summed E-state index contributed by atoms with van der Waals surface area (Å²) < 4.78 is 20.2. The van der Waals surface area contributed by atoms with E-state index >= 15 is 0 Å². The van der Waals surface area contributed by atoms with Crippen molar-refractivity contribution in [2.75, 3.05) is 20.2 Å². The van der Waals surface area contributed by atoms with Crippen molar-refractivity contribution < 1.29 is 18.9 Å². The molecule has 0 N–H and O–H groups in total. The summed E-state index contributed by atoms with van der Waals surface area (Å²) in [7, 11) is 1.64. The van der Waals surface area contributed by atoms with E-state index in [9.17, 15) is 10.1 Å². The predicted octanol–water partition coefficient (Wildman–Crippen LogP) is 6.95. The van der Waals surface area contributed by atoms with Crippen LogP contribution >= 0.6 is 15.9 Å². The molecule has 1 aliphatic heterocycles. The maximum absolute atomic E-state index is 10.9. The summed E-state index contributed by atoms with van der Waals surface area (Å²) in [4.78, 5) is 12.9. The molecule has 1 saturated heterocycles. The molecule has 1 fully saturated rings. The number of benzene rings is 3. The van der Waals surface area contributed by atoms with Gasteiger partial charge in [0.05, 0.1) is 29.9 Å². The fourth-order valence-electron chi connectivity index (χ4n) is 5.51. The van der Waals surface area contributed by atoms with Crippen molar-refractivity contribution in [3.8, 4) is 17.0 Å². The molecule has 0 radical (unpaired) electrons. The minimum atomic E-state index is -0.370.